The maximum Gasteiger partial charge on any atom is 0.228 e. The highest BCUT2D eigenvalue weighted by atomic mass is 16.2. The van der Waals surface area contributed by atoms with E-state index in [0.29, 0.717) is 12.0 Å². The summed E-state index contributed by atoms with van der Waals surface area (Å²) in [5.74, 6) is 0.366. The normalized spacial score (nSPS) is 19.4. The number of amides is 1. The van der Waals surface area contributed by atoms with E-state index in [1.165, 1.54) is 6.42 Å². The molecule has 1 fully saturated rings. The van der Waals surface area contributed by atoms with Gasteiger partial charge in [0.2, 0.25) is 5.91 Å². The Balaban J connectivity index is 1.90. The number of fused-ring (bicyclic) bond motifs is 1. The number of carbonyl (C=O) groups is 2. The molecule has 0 spiro atoms. The highest BCUT2D eigenvalue weighted by Gasteiger charge is 2.28. The van der Waals surface area contributed by atoms with Crippen LogP contribution in [-0.4, -0.2) is 11.7 Å². The number of ketones is 1. The Hall–Kier alpha value is -1.64. The molecule has 1 aromatic carbocycles. The minimum Gasteiger partial charge on any atom is -0.325 e. The van der Waals surface area contributed by atoms with Crippen LogP contribution in [0.5, 0.6) is 0 Å². The number of carbonyl (C=O) groups excluding carboxylic acids is 2. The van der Waals surface area contributed by atoms with Gasteiger partial charge in [-0.1, -0.05) is 31.4 Å². The molecule has 94 valence electrons. The number of Topliss-reactive ketones (excluding diaryl/α,β-unsaturated/α-hetero) is 1. The van der Waals surface area contributed by atoms with Gasteiger partial charge >= 0.3 is 0 Å². The van der Waals surface area contributed by atoms with E-state index >= 15 is 0 Å². The predicted octanol–water partition coefficient (Wildman–Crippen LogP) is 2.94. The second-order valence-electron chi connectivity index (χ2n) is 5.26. The number of para-hydroxylation sites is 1. The van der Waals surface area contributed by atoms with Gasteiger partial charge in [0.1, 0.15) is 0 Å². The predicted molar refractivity (Wildman–Crippen MR) is 69.7 cm³/mol. The van der Waals surface area contributed by atoms with Gasteiger partial charge in [-0.05, 0) is 24.5 Å². The number of hydrogen-bond donors (Lipinski definition) is 1. The van der Waals surface area contributed by atoms with Crippen molar-refractivity contribution in [2.24, 2.45) is 5.92 Å². The fourth-order valence-electron chi connectivity index (χ4n) is 3.04. The minimum absolute atomic E-state index is 0.00565. The third kappa shape index (κ3) is 1.94. The first-order chi connectivity index (χ1) is 8.75. The summed E-state index contributed by atoms with van der Waals surface area (Å²) in [5.41, 5.74) is 2.44. The van der Waals surface area contributed by atoms with E-state index in [0.717, 1.165) is 36.9 Å². The van der Waals surface area contributed by atoms with E-state index < -0.39 is 0 Å². The first kappa shape index (κ1) is 11.5. The van der Waals surface area contributed by atoms with Crippen molar-refractivity contribution in [2.75, 3.05) is 5.32 Å². The van der Waals surface area contributed by atoms with E-state index in [2.05, 4.69) is 5.32 Å². The quantitative estimate of drug-likeness (QED) is 0.812. The van der Waals surface area contributed by atoms with Gasteiger partial charge in [-0.3, -0.25) is 9.59 Å². The van der Waals surface area contributed by atoms with E-state index in [4.69, 9.17) is 0 Å². The number of anilines is 1. The van der Waals surface area contributed by atoms with Gasteiger partial charge in [-0.2, -0.15) is 0 Å². The lowest BCUT2D eigenvalue weighted by molar-refractivity contribution is -0.115. The largest absolute Gasteiger partial charge is 0.325 e. The topological polar surface area (TPSA) is 46.2 Å². The summed E-state index contributed by atoms with van der Waals surface area (Å²) in [6, 6.07) is 5.65. The molecule has 18 heavy (non-hydrogen) atoms. The fraction of sp³-hybridized carbons (Fsp3) is 0.467. The lowest BCUT2D eigenvalue weighted by Gasteiger charge is -2.21. The summed E-state index contributed by atoms with van der Waals surface area (Å²) in [5, 5.41) is 2.83. The molecule has 0 bridgehead atoms. The third-order valence-corrected chi connectivity index (χ3v) is 4.01. The summed E-state index contributed by atoms with van der Waals surface area (Å²) in [6.07, 6.45) is 5.94. The molecule has 1 heterocycles. The number of hydrogen-bond acceptors (Lipinski definition) is 2. The van der Waals surface area contributed by atoms with Crippen molar-refractivity contribution in [3.63, 3.8) is 0 Å². The first-order valence-electron chi connectivity index (χ1n) is 6.71. The molecule has 2 aliphatic rings. The lowest BCUT2D eigenvalue weighted by Crippen LogP contribution is -2.19. The smallest absolute Gasteiger partial charge is 0.228 e. The fourth-order valence-corrected chi connectivity index (χ4v) is 3.04. The molecule has 3 nitrogen and oxygen atoms in total. The third-order valence-electron chi connectivity index (χ3n) is 4.01. The van der Waals surface area contributed by atoms with Crippen LogP contribution in [0.2, 0.25) is 0 Å². The number of nitrogens with one attached hydrogen (secondary N) is 1. The zero-order valence-electron chi connectivity index (χ0n) is 10.4. The second kappa shape index (κ2) is 4.56. The molecule has 1 aliphatic heterocycles. The van der Waals surface area contributed by atoms with Crippen LogP contribution >= 0.6 is 0 Å². The van der Waals surface area contributed by atoms with Crippen LogP contribution in [0.1, 0.15) is 48.0 Å². The van der Waals surface area contributed by atoms with Gasteiger partial charge < -0.3 is 5.32 Å². The molecule has 0 atom stereocenters. The molecule has 1 saturated carbocycles. The van der Waals surface area contributed by atoms with Crippen molar-refractivity contribution in [1.82, 2.24) is 0 Å². The van der Waals surface area contributed by atoms with E-state index in [1.54, 1.807) is 0 Å². The monoisotopic (exact) mass is 243 g/mol. The van der Waals surface area contributed by atoms with Gasteiger partial charge in [0.05, 0.1) is 12.1 Å². The highest BCUT2D eigenvalue weighted by molar-refractivity contribution is 6.10. The van der Waals surface area contributed by atoms with Crippen LogP contribution < -0.4 is 5.32 Å². The van der Waals surface area contributed by atoms with Crippen molar-refractivity contribution in [1.29, 1.82) is 0 Å². The number of benzene rings is 1. The molecule has 1 N–H and O–H groups in total. The highest BCUT2D eigenvalue weighted by Crippen LogP contribution is 2.33. The maximum atomic E-state index is 12.5. The van der Waals surface area contributed by atoms with Gasteiger partial charge in [0.15, 0.2) is 5.78 Å². The molecule has 0 aromatic heterocycles. The molecule has 1 amide bonds. The zero-order chi connectivity index (χ0) is 12.5. The van der Waals surface area contributed by atoms with Crippen LogP contribution in [-0.2, 0) is 11.2 Å². The second-order valence-corrected chi connectivity index (χ2v) is 5.26. The van der Waals surface area contributed by atoms with Crippen molar-refractivity contribution in [3.8, 4) is 0 Å². The Kier molecular flexibility index (Phi) is 2.90. The molecule has 3 rings (SSSR count). The maximum absolute atomic E-state index is 12.5. The molecular weight excluding hydrogens is 226 g/mol. The summed E-state index contributed by atoms with van der Waals surface area (Å²) in [7, 11) is 0. The van der Waals surface area contributed by atoms with E-state index in [9.17, 15) is 9.59 Å². The van der Waals surface area contributed by atoms with Crippen molar-refractivity contribution < 1.29 is 9.59 Å². The van der Waals surface area contributed by atoms with Crippen LogP contribution in [0.25, 0.3) is 0 Å². The molecule has 0 saturated heterocycles. The average molecular weight is 243 g/mol. The van der Waals surface area contributed by atoms with Gasteiger partial charge in [0, 0.05) is 11.5 Å². The Morgan fingerprint density at radius 3 is 2.72 bits per heavy atom. The molecule has 3 heteroatoms. The lowest BCUT2D eigenvalue weighted by atomic mass is 9.83. The summed E-state index contributed by atoms with van der Waals surface area (Å²) >= 11 is 0. The Labute approximate surface area is 107 Å². The standard InChI is InChI=1S/C15H17NO2/c17-13-9-11-7-4-8-12(14(11)16-13)15(18)10-5-2-1-3-6-10/h4,7-8,10H,1-3,5-6,9H2,(H,16,17). The Bertz CT molecular complexity index is 501. The minimum atomic E-state index is -0.00565. The van der Waals surface area contributed by atoms with Crippen molar-refractivity contribution in [2.45, 2.75) is 38.5 Å². The summed E-state index contributed by atoms with van der Waals surface area (Å²) < 4.78 is 0. The SMILES string of the molecule is O=C1Cc2cccc(C(=O)C3CCCCC3)c2N1. The van der Waals surface area contributed by atoms with Crippen LogP contribution in [0.15, 0.2) is 18.2 Å². The van der Waals surface area contributed by atoms with Crippen LogP contribution in [0, 0.1) is 5.92 Å². The molecule has 0 unspecified atom stereocenters. The average Bonchev–Trinajstić information content (AvgIpc) is 2.79. The Morgan fingerprint density at radius 1 is 1.17 bits per heavy atom. The van der Waals surface area contributed by atoms with Crippen molar-refractivity contribution >= 4 is 17.4 Å². The van der Waals surface area contributed by atoms with E-state index in [-0.39, 0.29) is 17.6 Å². The van der Waals surface area contributed by atoms with Crippen LogP contribution in [0.3, 0.4) is 0 Å². The van der Waals surface area contributed by atoms with E-state index in [1.807, 2.05) is 18.2 Å². The van der Waals surface area contributed by atoms with Crippen molar-refractivity contribution in [3.05, 3.63) is 29.3 Å². The summed E-state index contributed by atoms with van der Waals surface area (Å²) in [6.45, 7) is 0. The first-order valence-corrected chi connectivity index (χ1v) is 6.71. The Morgan fingerprint density at radius 2 is 1.94 bits per heavy atom. The molecule has 0 radical (unpaired) electrons. The zero-order valence-corrected chi connectivity index (χ0v) is 10.4. The van der Waals surface area contributed by atoms with Gasteiger partial charge in [-0.15, -0.1) is 0 Å². The van der Waals surface area contributed by atoms with Gasteiger partial charge in [-0.25, -0.2) is 0 Å². The van der Waals surface area contributed by atoms with Crippen LogP contribution in [0.4, 0.5) is 5.69 Å². The number of rotatable bonds is 2. The molecule has 1 aromatic rings. The van der Waals surface area contributed by atoms with Gasteiger partial charge in [0.25, 0.3) is 0 Å². The molecular formula is C15H17NO2. The molecule has 1 aliphatic carbocycles. The summed E-state index contributed by atoms with van der Waals surface area (Å²) in [4.78, 5) is 23.9.